The summed E-state index contributed by atoms with van der Waals surface area (Å²) in [5.41, 5.74) is 2.45. The highest BCUT2D eigenvalue weighted by molar-refractivity contribution is 8.05. The highest BCUT2D eigenvalue weighted by Gasteiger charge is 2.28. The van der Waals surface area contributed by atoms with Crippen LogP contribution >= 0.6 is 11.8 Å². The minimum atomic E-state index is 0.369. The molecule has 1 aliphatic heterocycles. The molecule has 2 aromatic rings. The molecule has 19 heavy (non-hydrogen) atoms. The van der Waals surface area contributed by atoms with Crippen molar-refractivity contribution in [3.05, 3.63) is 36.4 Å². The molecule has 1 heterocycles. The lowest BCUT2D eigenvalue weighted by Gasteiger charge is -2.05. The van der Waals surface area contributed by atoms with E-state index in [4.69, 9.17) is 0 Å². The molecule has 0 amide bonds. The van der Waals surface area contributed by atoms with Crippen molar-refractivity contribution in [3.63, 3.8) is 0 Å². The molecule has 3 rings (SSSR count). The minimum absolute atomic E-state index is 0.369. The lowest BCUT2D eigenvalue weighted by molar-refractivity contribution is 0.564. The van der Waals surface area contributed by atoms with Crippen molar-refractivity contribution in [1.82, 2.24) is 0 Å². The van der Waals surface area contributed by atoms with E-state index in [0.717, 1.165) is 20.9 Å². The number of isocyanates is 2. The Morgan fingerprint density at radius 2 is 1.63 bits per heavy atom. The molecule has 1 aliphatic rings. The summed E-state index contributed by atoms with van der Waals surface area (Å²) < 4.78 is 0. The average molecular weight is 266 g/mol. The fourth-order valence-electron chi connectivity index (χ4n) is 1.92. The molecule has 0 saturated carbocycles. The Kier molecular flexibility index (Phi) is 2.86. The summed E-state index contributed by atoms with van der Waals surface area (Å²) in [5.74, 6) is 0. The second-order valence-electron chi connectivity index (χ2n) is 3.82. The highest BCUT2D eigenvalue weighted by Crippen LogP contribution is 2.60. The topological polar surface area (TPSA) is 58.9 Å². The van der Waals surface area contributed by atoms with Gasteiger partial charge in [-0.05, 0) is 11.6 Å². The predicted octanol–water partition coefficient (Wildman–Crippen LogP) is 3.75. The first kappa shape index (κ1) is 11.6. The number of carbonyl (C=O) groups excluding carboxylic acids is 2. The molecule has 0 aromatic heterocycles. The van der Waals surface area contributed by atoms with Crippen molar-refractivity contribution in [3.8, 4) is 11.1 Å². The molecule has 0 bridgehead atoms. The molecule has 0 fully saturated rings. The SMILES string of the molecule is O=C=Nc1c(-c2ccccc2)cc2c(c1N=C=O)S2. The van der Waals surface area contributed by atoms with Crippen LogP contribution in [-0.4, -0.2) is 12.2 Å². The number of benzene rings is 2. The molecule has 90 valence electrons. The number of hydrogen-bond donors (Lipinski definition) is 0. The normalized spacial score (nSPS) is 10.9. The van der Waals surface area contributed by atoms with Crippen molar-refractivity contribution < 1.29 is 9.59 Å². The van der Waals surface area contributed by atoms with Crippen molar-refractivity contribution >= 4 is 35.3 Å². The Labute approximate surface area is 112 Å². The monoisotopic (exact) mass is 266 g/mol. The Balaban J connectivity index is 2.32. The van der Waals surface area contributed by atoms with Crippen LogP contribution in [0.25, 0.3) is 11.1 Å². The zero-order chi connectivity index (χ0) is 13.2. The molecule has 0 atom stereocenters. The molecule has 0 N–H and O–H groups in total. The molecule has 5 heteroatoms. The van der Waals surface area contributed by atoms with Crippen LogP contribution in [-0.2, 0) is 9.59 Å². The molecule has 0 saturated heterocycles. The van der Waals surface area contributed by atoms with Gasteiger partial charge < -0.3 is 0 Å². The largest absolute Gasteiger partial charge is 0.240 e. The van der Waals surface area contributed by atoms with Crippen molar-refractivity contribution in [2.24, 2.45) is 9.98 Å². The predicted molar refractivity (Wildman–Crippen MR) is 71.6 cm³/mol. The van der Waals surface area contributed by atoms with E-state index in [1.165, 1.54) is 23.9 Å². The van der Waals surface area contributed by atoms with Gasteiger partial charge in [-0.3, -0.25) is 0 Å². The number of fused-ring (bicyclic) bond motifs is 1. The first-order valence-electron chi connectivity index (χ1n) is 5.45. The summed E-state index contributed by atoms with van der Waals surface area (Å²) in [6.45, 7) is 0. The summed E-state index contributed by atoms with van der Waals surface area (Å²) in [5, 5.41) is 0. The number of nitrogens with zero attached hydrogens (tertiary/aromatic N) is 2. The maximum atomic E-state index is 10.6. The zero-order valence-corrected chi connectivity index (χ0v) is 10.4. The van der Waals surface area contributed by atoms with Crippen LogP contribution in [0.3, 0.4) is 0 Å². The van der Waals surface area contributed by atoms with Gasteiger partial charge in [0.15, 0.2) is 0 Å². The summed E-state index contributed by atoms with van der Waals surface area (Å²) in [6.07, 6.45) is 3.03. The average Bonchev–Trinajstić information content (AvgIpc) is 3.21. The maximum absolute atomic E-state index is 10.6. The third kappa shape index (κ3) is 2.02. The van der Waals surface area contributed by atoms with Crippen LogP contribution in [0.1, 0.15) is 0 Å². The van der Waals surface area contributed by atoms with E-state index in [0.29, 0.717) is 11.4 Å². The van der Waals surface area contributed by atoms with Gasteiger partial charge in [-0.25, -0.2) is 9.59 Å². The van der Waals surface area contributed by atoms with E-state index >= 15 is 0 Å². The van der Waals surface area contributed by atoms with Crippen molar-refractivity contribution in [2.75, 3.05) is 0 Å². The third-order valence-electron chi connectivity index (χ3n) is 2.76. The van der Waals surface area contributed by atoms with Crippen molar-refractivity contribution in [2.45, 2.75) is 9.79 Å². The van der Waals surface area contributed by atoms with E-state index in [1.807, 2.05) is 36.4 Å². The third-order valence-corrected chi connectivity index (χ3v) is 3.72. The van der Waals surface area contributed by atoms with Gasteiger partial charge in [0.2, 0.25) is 12.2 Å². The second kappa shape index (κ2) is 4.67. The molecule has 2 aromatic carbocycles. The van der Waals surface area contributed by atoms with Crippen LogP contribution < -0.4 is 0 Å². The molecule has 4 nitrogen and oxygen atoms in total. The van der Waals surface area contributed by atoms with Gasteiger partial charge in [-0.1, -0.05) is 42.1 Å². The first-order valence-corrected chi connectivity index (χ1v) is 6.27. The number of aliphatic imine (C=N–C) groups is 2. The Morgan fingerprint density at radius 1 is 0.947 bits per heavy atom. The van der Waals surface area contributed by atoms with Gasteiger partial charge in [0.25, 0.3) is 0 Å². The van der Waals surface area contributed by atoms with E-state index in [-0.39, 0.29) is 0 Å². The van der Waals surface area contributed by atoms with Crippen LogP contribution in [0, 0.1) is 0 Å². The summed E-state index contributed by atoms with van der Waals surface area (Å²) >= 11 is 1.51. The van der Waals surface area contributed by atoms with Gasteiger partial charge in [-0.2, -0.15) is 9.98 Å². The smallest absolute Gasteiger partial charge is 0.211 e. The van der Waals surface area contributed by atoms with Gasteiger partial charge in [0.1, 0.15) is 11.4 Å². The zero-order valence-electron chi connectivity index (χ0n) is 9.58. The molecule has 0 aliphatic carbocycles. The van der Waals surface area contributed by atoms with Gasteiger partial charge >= 0.3 is 0 Å². The molecule has 0 radical (unpaired) electrons. The van der Waals surface area contributed by atoms with Crippen LogP contribution in [0.15, 0.2) is 56.2 Å². The summed E-state index contributed by atoms with van der Waals surface area (Å²) in [4.78, 5) is 30.4. The van der Waals surface area contributed by atoms with Crippen LogP contribution in [0.5, 0.6) is 0 Å². The van der Waals surface area contributed by atoms with E-state index < -0.39 is 0 Å². The van der Waals surface area contributed by atoms with Crippen LogP contribution in [0.4, 0.5) is 11.4 Å². The maximum Gasteiger partial charge on any atom is 0.240 e. The van der Waals surface area contributed by atoms with E-state index in [1.54, 1.807) is 0 Å². The lowest BCUT2D eigenvalue weighted by Crippen LogP contribution is -1.79. The second-order valence-corrected chi connectivity index (χ2v) is 4.88. The van der Waals surface area contributed by atoms with Crippen molar-refractivity contribution in [1.29, 1.82) is 0 Å². The fourth-order valence-corrected chi connectivity index (χ4v) is 2.67. The quantitative estimate of drug-likeness (QED) is 0.412. The molecular weight excluding hydrogens is 260 g/mol. The fraction of sp³-hybridized carbons (Fsp3) is 0. The van der Waals surface area contributed by atoms with Gasteiger partial charge in [-0.15, -0.1) is 0 Å². The molecular formula is C14H6N2O2S. The van der Waals surface area contributed by atoms with Gasteiger partial charge in [0.05, 0.1) is 4.90 Å². The standard InChI is InChI=1S/C14H6N2O2S/c17-7-15-12-10(9-4-2-1-3-5-9)6-11-14(19-11)13(12)16-8-18/h1-6H. The number of hydrogen-bond acceptors (Lipinski definition) is 5. The Hall–Kier alpha value is -2.45. The number of rotatable bonds is 3. The Bertz CT molecular complexity index is 759. The Morgan fingerprint density at radius 3 is 2.32 bits per heavy atom. The minimum Gasteiger partial charge on any atom is -0.211 e. The lowest BCUT2D eigenvalue weighted by atomic mass is 10.0. The van der Waals surface area contributed by atoms with Gasteiger partial charge in [0, 0.05) is 10.5 Å². The first-order chi connectivity index (χ1) is 9.35. The highest BCUT2D eigenvalue weighted by atomic mass is 32.2. The molecule has 0 unspecified atom stereocenters. The van der Waals surface area contributed by atoms with E-state index in [9.17, 15) is 9.59 Å². The summed E-state index contributed by atoms with van der Waals surface area (Å²) in [6, 6.07) is 11.5. The van der Waals surface area contributed by atoms with E-state index in [2.05, 4.69) is 9.98 Å². The molecule has 0 spiro atoms. The van der Waals surface area contributed by atoms with Crippen LogP contribution in [0.2, 0.25) is 0 Å². The summed E-state index contributed by atoms with van der Waals surface area (Å²) in [7, 11) is 0.